The van der Waals surface area contributed by atoms with Crippen LogP contribution in [0.2, 0.25) is 5.15 Å². The van der Waals surface area contributed by atoms with Gasteiger partial charge in [-0.25, -0.2) is 0 Å². The molecule has 0 spiro atoms. The second-order valence-electron chi connectivity index (χ2n) is 5.87. The van der Waals surface area contributed by atoms with Crippen molar-refractivity contribution in [3.63, 3.8) is 0 Å². The zero-order chi connectivity index (χ0) is 16.8. The van der Waals surface area contributed by atoms with Crippen molar-refractivity contribution in [2.75, 3.05) is 13.1 Å². The molecule has 3 rings (SSSR count). The van der Waals surface area contributed by atoms with Gasteiger partial charge in [-0.1, -0.05) is 22.8 Å². The SMILES string of the molecule is O=C(CCc1cc(Cl)no1)N1CCC(OCc2cccnc2)CC1. The van der Waals surface area contributed by atoms with E-state index in [1.165, 1.54) is 0 Å². The summed E-state index contributed by atoms with van der Waals surface area (Å²) < 4.78 is 10.9. The van der Waals surface area contributed by atoms with E-state index in [-0.39, 0.29) is 12.0 Å². The van der Waals surface area contributed by atoms with E-state index in [1.807, 2.05) is 23.2 Å². The molecule has 1 aliphatic rings. The molecular formula is C17H20ClN3O3. The quantitative estimate of drug-likeness (QED) is 0.802. The van der Waals surface area contributed by atoms with Crippen molar-refractivity contribution in [2.45, 2.75) is 38.4 Å². The average Bonchev–Trinajstić information content (AvgIpc) is 3.04. The van der Waals surface area contributed by atoms with Crippen molar-refractivity contribution in [1.82, 2.24) is 15.0 Å². The van der Waals surface area contributed by atoms with Gasteiger partial charge in [0.25, 0.3) is 0 Å². The topological polar surface area (TPSA) is 68.5 Å². The Hall–Kier alpha value is -1.92. The van der Waals surface area contributed by atoms with E-state index in [4.69, 9.17) is 20.9 Å². The molecule has 0 saturated carbocycles. The molecule has 0 aliphatic carbocycles. The largest absolute Gasteiger partial charge is 0.373 e. The summed E-state index contributed by atoms with van der Waals surface area (Å²) in [4.78, 5) is 18.2. The minimum atomic E-state index is 0.133. The predicted molar refractivity (Wildman–Crippen MR) is 88.5 cm³/mol. The van der Waals surface area contributed by atoms with E-state index in [0.29, 0.717) is 30.4 Å². The summed E-state index contributed by atoms with van der Waals surface area (Å²) in [6, 6.07) is 5.55. The molecule has 0 unspecified atom stereocenters. The molecule has 1 saturated heterocycles. The molecule has 0 N–H and O–H groups in total. The lowest BCUT2D eigenvalue weighted by Gasteiger charge is -2.32. The van der Waals surface area contributed by atoms with Crippen LogP contribution in [0.5, 0.6) is 0 Å². The van der Waals surface area contributed by atoms with Crippen molar-refractivity contribution in [3.05, 3.63) is 47.1 Å². The summed E-state index contributed by atoms with van der Waals surface area (Å²) in [7, 11) is 0. The highest BCUT2D eigenvalue weighted by Crippen LogP contribution is 2.17. The van der Waals surface area contributed by atoms with Gasteiger partial charge in [-0.2, -0.15) is 0 Å². The van der Waals surface area contributed by atoms with E-state index in [0.717, 1.165) is 31.5 Å². The van der Waals surface area contributed by atoms with E-state index in [9.17, 15) is 4.79 Å². The molecular weight excluding hydrogens is 330 g/mol. The number of ether oxygens (including phenoxy) is 1. The van der Waals surface area contributed by atoms with Gasteiger partial charge in [-0.05, 0) is 24.5 Å². The van der Waals surface area contributed by atoms with Gasteiger partial charge in [-0.15, -0.1) is 0 Å². The van der Waals surface area contributed by atoms with Crippen LogP contribution < -0.4 is 0 Å². The summed E-state index contributed by atoms with van der Waals surface area (Å²) >= 11 is 5.70. The van der Waals surface area contributed by atoms with Gasteiger partial charge in [0.1, 0.15) is 5.76 Å². The number of pyridine rings is 1. The van der Waals surface area contributed by atoms with Crippen LogP contribution in [0.3, 0.4) is 0 Å². The van der Waals surface area contributed by atoms with Crippen LogP contribution in [0.1, 0.15) is 30.6 Å². The second kappa shape index (κ2) is 8.26. The summed E-state index contributed by atoms with van der Waals surface area (Å²) in [6.45, 7) is 2.03. The van der Waals surface area contributed by atoms with Gasteiger partial charge in [0.15, 0.2) is 5.15 Å². The van der Waals surface area contributed by atoms with Gasteiger partial charge in [0.05, 0.1) is 12.7 Å². The minimum Gasteiger partial charge on any atom is -0.373 e. The number of piperidine rings is 1. The Balaban J connectivity index is 1.37. The molecule has 7 heteroatoms. The highest BCUT2D eigenvalue weighted by Gasteiger charge is 2.23. The zero-order valence-electron chi connectivity index (χ0n) is 13.4. The maximum Gasteiger partial charge on any atom is 0.223 e. The second-order valence-corrected chi connectivity index (χ2v) is 6.26. The number of aromatic nitrogens is 2. The third-order valence-corrected chi connectivity index (χ3v) is 4.30. The van der Waals surface area contributed by atoms with E-state index in [1.54, 1.807) is 12.3 Å². The van der Waals surface area contributed by atoms with Gasteiger partial charge in [0, 0.05) is 44.4 Å². The highest BCUT2D eigenvalue weighted by molar-refractivity contribution is 6.29. The number of halogens is 1. The van der Waals surface area contributed by atoms with Gasteiger partial charge in [0.2, 0.25) is 5.91 Å². The van der Waals surface area contributed by atoms with E-state index in [2.05, 4.69) is 10.1 Å². The first kappa shape index (κ1) is 16.9. The maximum atomic E-state index is 12.2. The Morgan fingerprint density at radius 3 is 2.92 bits per heavy atom. The van der Waals surface area contributed by atoms with Crippen LogP contribution in [0.25, 0.3) is 0 Å². The van der Waals surface area contributed by atoms with Crippen molar-refractivity contribution in [3.8, 4) is 0 Å². The number of hydrogen-bond acceptors (Lipinski definition) is 5. The van der Waals surface area contributed by atoms with Gasteiger partial charge in [-0.3, -0.25) is 9.78 Å². The standard InChI is InChI=1S/C17H20ClN3O3/c18-16-10-15(24-20-16)3-4-17(22)21-8-5-14(6-9-21)23-12-13-2-1-7-19-11-13/h1-2,7,10-11,14H,3-6,8-9,12H2. The average molecular weight is 350 g/mol. The molecule has 0 atom stereocenters. The third-order valence-electron chi connectivity index (χ3n) is 4.12. The number of carbonyl (C=O) groups excluding carboxylic acids is 1. The first-order valence-electron chi connectivity index (χ1n) is 8.10. The number of likely N-dealkylation sites (tertiary alicyclic amines) is 1. The van der Waals surface area contributed by atoms with Crippen LogP contribution in [-0.2, 0) is 22.6 Å². The first-order valence-corrected chi connectivity index (χ1v) is 8.48. The Bertz CT molecular complexity index is 654. The minimum absolute atomic E-state index is 0.133. The molecule has 2 aromatic rings. The molecule has 0 aromatic carbocycles. The summed E-state index contributed by atoms with van der Waals surface area (Å²) in [5.41, 5.74) is 1.07. The van der Waals surface area contributed by atoms with Crippen LogP contribution >= 0.6 is 11.6 Å². The number of carbonyl (C=O) groups is 1. The summed E-state index contributed by atoms with van der Waals surface area (Å²) in [5.74, 6) is 0.774. The van der Waals surface area contributed by atoms with Crippen molar-refractivity contribution in [2.24, 2.45) is 0 Å². The molecule has 0 bridgehead atoms. The van der Waals surface area contributed by atoms with Gasteiger partial charge < -0.3 is 14.2 Å². The van der Waals surface area contributed by atoms with Crippen LogP contribution in [0.4, 0.5) is 0 Å². The molecule has 128 valence electrons. The lowest BCUT2D eigenvalue weighted by molar-refractivity contribution is -0.134. The van der Waals surface area contributed by atoms with Crippen LogP contribution in [0, 0.1) is 0 Å². The zero-order valence-corrected chi connectivity index (χ0v) is 14.1. The molecule has 6 nitrogen and oxygen atoms in total. The Morgan fingerprint density at radius 2 is 2.25 bits per heavy atom. The summed E-state index contributed by atoms with van der Waals surface area (Å²) in [5, 5.41) is 3.93. The molecule has 2 aromatic heterocycles. The van der Waals surface area contributed by atoms with E-state index < -0.39 is 0 Å². The number of aryl methyl sites for hydroxylation is 1. The molecule has 0 radical (unpaired) electrons. The lowest BCUT2D eigenvalue weighted by Crippen LogP contribution is -2.40. The van der Waals surface area contributed by atoms with Crippen molar-refractivity contribution in [1.29, 1.82) is 0 Å². The maximum absolute atomic E-state index is 12.2. The Kier molecular flexibility index (Phi) is 5.82. The molecule has 1 aliphatic heterocycles. The fraction of sp³-hybridized carbons (Fsp3) is 0.471. The fourth-order valence-corrected chi connectivity index (χ4v) is 2.92. The van der Waals surface area contributed by atoms with Crippen LogP contribution in [0.15, 0.2) is 35.1 Å². The fourth-order valence-electron chi connectivity index (χ4n) is 2.76. The monoisotopic (exact) mass is 349 g/mol. The smallest absolute Gasteiger partial charge is 0.223 e. The summed E-state index contributed by atoms with van der Waals surface area (Å²) in [6.07, 6.45) is 6.42. The Morgan fingerprint density at radius 1 is 1.42 bits per heavy atom. The number of amides is 1. The Labute approximate surface area is 145 Å². The number of hydrogen-bond donors (Lipinski definition) is 0. The highest BCUT2D eigenvalue weighted by atomic mass is 35.5. The number of nitrogens with zero attached hydrogens (tertiary/aromatic N) is 3. The molecule has 24 heavy (non-hydrogen) atoms. The number of rotatable bonds is 6. The normalized spacial score (nSPS) is 15.6. The van der Waals surface area contributed by atoms with Gasteiger partial charge >= 0.3 is 0 Å². The van der Waals surface area contributed by atoms with Crippen molar-refractivity contribution >= 4 is 17.5 Å². The lowest BCUT2D eigenvalue weighted by atomic mass is 10.1. The van der Waals surface area contributed by atoms with Crippen LogP contribution in [-0.4, -0.2) is 40.1 Å². The molecule has 1 amide bonds. The first-order chi connectivity index (χ1) is 11.7. The molecule has 3 heterocycles. The molecule has 1 fully saturated rings. The van der Waals surface area contributed by atoms with E-state index >= 15 is 0 Å². The van der Waals surface area contributed by atoms with Crippen molar-refractivity contribution < 1.29 is 14.1 Å². The predicted octanol–water partition coefficient (Wildman–Crippen LogP) is 2.86. The third kappa shape index (κ3) is 4.79.